The lowest BCUT2D eigenvalue weighted by molar-refractivity contribution is 0.244. The predicted molar refractivity (Wildman–Crippen MR) is 117 cm³/mol. The Labute approximate surface area is 181 Å². The van der Waals surface area contributed by atoms with Crippen LogP contribution in [0.5, 0.6) is 5.75 Å². The molecule has 1 aliphatic rings. The summed E-state index contributed by atoms with van der Waals surface area (Å²) in [5.74, 6) is 0.843. The van der Waals surface area contributed by atoms with Crippen molar-refractivity contribution in [1.82, 2.24) is 15.5 Å². The van der Waals surface area contributed by atoms with Crippen LogP contribution in [0.4, 0.5) is 5.69 Å². The van der Waals surface area contributed by atoms with Crippen molar-refractivity contribution in [1.29, 1.82) is 0 Å². The van der Waals surface area contributed by atoms with Gasteiger partial charge in [-0.2, -0.15) is 4.98 Å². The fourth-order valence-corrected chi connectivity index (χ4v) is 3.55. The monoisotopic (exact) mass is 405 g/mol. The van der Waals surface area contributed by atoms with Crippen LogP contribution in [0.3, 0.4) is 0 Å². The van der Waals surface area contributed by atoms with Gasteiger partial charge in [-0.1, -0.05) is 30.3 Å². The number of rotatable bonds is 7. The quantitative estimate of drug-likeness (QED) is 0.509. The molecule has 6 nitrogen and oxygen atoms in total. The van der Waals surface area contributed by atoms with E-state index >= 15 is 0 Å². The molecular weight excluding hydrogens is 376 g/mol. The van der Waals surface area contributed by atoms with Crippen molar-refractivity contribution in [2.45, 2.75) is 52.1 Å². The van der Waals surface area contributed by atoms with Gasteiger partial charge in [0.25, 0.3) is 5.89 Å². The van der Waals surface area contributed by atoms with Gasteiger partial charge >= 0.3 is 0 Å². The summed E-state index contributed by atoms with van der Waals surface area (Å²) in [6.45, 7) is 13.5. The fourth-order valence-electron chi connectivity index (χ4n) is 3.55. The van der Waals surface area contributed by atoms with Gasteiger partial charge in [-0.25, -0.2) is 4.85 Å². The molecule has 1 heterocycles. The first-order valence-corrected chi connectivity index (χ1v) is 10.0. The Morgan fingerprint density at radius 2 is 2.27 bits per heavy atom. The van der Waals surface area contributed by atoms with Crippen molar-refractivity contribution >= 4 is 5.69 Å². The van der Waals surface area contributed by atoms with Gasteiger partial charge in [-0.15, -0.1) is 0 Å². The molecule has 1 atom stereocenters. The van der Waals surface area contributed by atoms with Gasteiger partial charge in [0.1, 0.15) is 5.75 Å². The third-order valence-electron chi connectivity index (χ3n) is 4.90. The lowest BCUT2D eigenvalue weighted by Crippen LogP contribution is -2.19. The second-order valence-corrected chi connectivity index (χ2v) is 7.39. The third-order valence-corrected chi connectivity index (χ3v) is 4.90. The molecule has 30 heavy (non-hydrogen) atoms. The minimum atomic E-state index is -1.52. The molecule has 0 fully saturated rings. The van der Waals surface area contributed by atoms with E-state index in [2.05, 4.69) is 27.2 Å². The maximum atomic E-state index is 8.62. The lowest BCUT2D eigenvalue weighted by atomic mass is 10.0. The van der Waals surface area contributed by atoms with Crippen LogP contribution in [0.15, 0.2) is 40.9 Å². The van der Waals surface area contributed by atoms with Crippen LogP contribution in [0.2, 0.25) is 0 Å². The first kappa shape index (κ1) is 16.6. The second-order valence-electron chi connectivity index (χ2n) is 7.39. The smallest absolute Gasteiger partial charge is 0.256 e. The molecule has 0 amide bonds. The molecule has 0 saturated carbocycles. The highest BCUT2D eigenvalue weighted by Crippen LogP contribution is 2.38. The molecule has 6 heteroatoms. The van der Waals surface area contributed by atoms with Gasteiger partial charge in [0.05, 0.1) is 14.0 Å². The molecule has 4 rings (SSSR count). The Morgan fingerprint density at radius 3 is 3.03 bits per heavy atom. The molecule has 0 spiro atoms. The number of aromatic nitrogens is 2. The van der Waals surface area contributed by atoms with Gasteiger partial charge in [0.15, 0.2) is 0 Å². The SMILES string of the molecule is [2H]C(C)(C)Oc1ccc(-c2nc(-c3cccc4c3C([2H])([2H])C[C@@H]4NCCC)no2)cc1[N+]#[C-]. The topological polar surface area (TPSA) is 64.5 Å². The van der Waals surface area contributed by atoms with Gasteiger partial charge in [-0.3, -0.25) is 0 Å². The number of ether oxygens (including phenoxy) is 1. The summed E-state index contributed by atoms with van der Waals surface area (Å²) >= 11 is 0. The third kappa shape index (κ3) is 3.94. The summed E-state index contributed by atoms with van der Waals surface area (Å²) in [5.41, 5.74) is 2.92. The predicted octanol–water partition coefficient (Wildman–Crippen LogP) is 5.73. The molecule has 1 aromatic heterocycles. The Kier molecular flexibility index (Phi) is 4.81. The number of nitrogens with one attached hydrogen (secondary N) is 1. The van der Waals surface area contributed by atoms with E-state index in [-0.39, 0.29) is 17.6 Å². The number of hydrogen-bond acceptors (Lipinski definition) is 5. The molecule has 0 saturated heterocycles. The van der Waals surface area contributed by atoms with Crippen LogP contribution < -0.4 is 10.1 Å². The van der Waals surface area contributed by atoms with Crippen LogP contribution in [-0.4, -0.2) is 22.8 Å². The highest BCUT2D eigenvalue weighted by atomic mass is 16.5. The average Bonchev–Trinajstić information content (AvgIpc) is 3.34. The molecule has 2 aromatic carbocycles. The van der Waals surface area contributed by atoms with Crippen molar-refractivity contribution in [2.75, 3.05) is 6.54 Å². The van der Waals surface area contributed by atoms with Crippen LogP contribution >= 0.6 is 0 Å². The molecule has 1 N–H and O–H groups in total. The zero-order valence-corrected chi connectivity index (χ0v) is 17.3. The maximum absolute atomic E-state index is 8.62. The van der Waals surface area contributed by atoms with Crippen molar-refractivity contribution in [2.24, 2.45) is 0 Å². The van der Waals surface area contributed by atoms with Gasteiger partial charge in [-0.05, 0) is 68.9 Å². The normalized spacial score (nSPS) is 18.7. The van der Waals surface area contributed by atoms with Gasteiger partial charge in [0, 0.05) is 19.9 Å². The molecule has 0 aliphatic heterocycles. The largest absolute Gasteiger partial charge is 0.502 e. The van der Waals surface area contributed by atoms with Gasteiger partial charge in [0.2, 0.25) is 11.5 Å². The Morgan fingerprint density at radius 1 is 1.40 bits per heavy atom. The number of nitrogens with zero attached hydrogens (tertiary/aromatic N) is 3. The zero-order chi connectivity index (χ0) is 23.8. The summed E-state index contributed by atoms with van der Waals surface area (Å²) in [5, 5.41) is 7.55. The molecule has 154 valence electrons. The van der Waals surface area contributed by atoms with Crippen molar-refractivity contribution in [3.05, 3.63) is 58.9 Å². The van der Waals surface area contributed by atoms with Gasteiger partial charge < -0.3 is 14.6 Å². The standard InChI is InChI=1S/C24H26N4O2/c1-5-13-26-20-11-10-17-18(20)7-6-8-19(17)23-27-24(30-28-23)16-9-12-22(29-15(2)3)21(14-16)25-4/h6-9,12,14-15,20,26H,5,10-11,13H2,1-3H3/t20-/m0/s1/i10D2,15D. The van der Waals surface area contributed by atoms with E-state index in [1.54, 1.807) is 32.0 Å². The molecule has 0 bridgehead atoms. The van der Waals surface area contributed by atoms with E-state index < -0.39 is 12.5 Å². The molecule has 1 aliphatic carbocycles. The Balaban J connectivity index is 1.70. The van der Waals surface area contributed by atoms with Crippen molar-refractivity contribution < 1.29 is 13.4 Å². The van der Waals surface area contributed by atoms with E-state index in [0.717, 1.165) is 18.5 Å². The first-order valence-electron chi connectivity index (χ1n) is 11.5. The van der Waals surface area contributed by atoms with Crippen LogP contribution in [-0.2, 0) is 6.37 Å². The summed E-state index contributed by atoms with van der Waals surface area (Å²) in [4.78, 5) is 8.02. The second kappa shape index (κ2) is 8.68. The summed E-state index contributed by atoms with van der Waals surface area (Å²) in [6, 6.07) is 10.5. The summed E-state index contributed by atoms with van der Waals surface area (Å²) in [7, 11) is 0. The number of hydrogen-bond donors (Lipinski definition) is 1. The number of fused-ring (bicyclic) bond motifs is 1. The summed E-state index contributed by atoms with van der Waals surface area (Å²) in [6.07, 6.45) is -1.36. The first-order chi connectivity index (χ1) is 15.6. The van der Waals surface area contributed by atoms with Crippen molar-refractivity contribution in [3.8, 4) is 28.6 Å². The molecular formula is C24H26N4O2. The minimum Gasteiger partial charge on any atom is -0.502 e. The fraction of sp³-hybridized carbons (Fsp3) is 0.375. The van der Waals surface area contributed by atoms with E-state index in [1.807, 2.05) is 18.2 Å². The average molecular weight is 406 g/mol. The Hall–Kier alpha value is -3.17. The minimum absolute atomic E-state index is 0.0590. The molecule has 3 aromatic rings. The molecule has 0 radical (unpaired) electrons. The van der Waals surface area contributed by atoms with E-state index in [0.29, 0.717) is 34.7 Å². The van der Waals surface area contributed by atoms with E-state index in [9.17, 15) is 0 Å². The summed E-state index contributed by atoms with van der Waals surface area (Å²) < 4.78 is 36.2. The highest BCUT2D eigenvalue weighted by molar-refractivity contribution is 5.70. The maximum Gasteiger partial charge on any atom is 0.256 e. The highest BCUT2D eigenvalue weighted by Gasteiger charge is 2.26. The van der Waals surface area contributed by atoms with E-state index in [4.69, 9.17) is 19.9 Å². The number of benzene rings is 2. The zero-order valence-electron chi connectivity index (χ0n) is 20.3. The van der Waals surface area contributed by atoms with Crippen LogP contribution in [0.25, 0.3) is 27.7 Å². The lowest BCUT2D eigenvalue weighted by Gasteiger charge is -2.13. The van der Waals surface area contributed by atoms with Crippen LogP contribution in [0.1, 0.15) is 54.9 Å². The van der Waals surface area contributed by atoms with E-state index in [1.165, 1.54) is 0 Å². The van der Waals surface area contributed by atoms with Crippen LogP contribution in [0, 0.1) is 6.57 Å². The Bertz CT molecular complexity index is 1210. The van der Waals surface area contributed by atoms with Crippen molar-refractivity contribution in [3.63, 3.8) is 0 Å². The molecule has 0 unspecified atom stereocenters.